The van der Waals surface area contributed by atoms with Crippen molar-refractivity contribution in [3.63, 3.8) is 0 Å². The number of carbonyl (C=O) groups is 1. The molecule has 2 aromatic carbocycles. The van der Waals surface area contributed by atoms with Crippen molar-refractivity contribution in [1.82, 2.24) is 5.32 Å². The summed E-state index contributed by atoms with van der Waals surface area (Å²) < 4.78 is 11.1. The van der Waals surface area contributed by atoms with Crippen molar-refractivity contribution in [2.24, 2.45) is 0 Å². The third-order valence-electron chi connectivity index (χ3n) is 3.59. The molecule has 1 N–H and O–H groups in total. The van der Waals surface area contributed by atoms with E-state index in [1.165, 1.54) is 0 Å². The minimum absolute atomic E-state index is 0.120. The monoisotopic (exact) mass is 347 g/mol. The number of rotatable bonds is 7. The third kappa shape index (κ3) is 5.78. The van der Waals surface area contributed by atoms with Gasteiger partial charge in [0, 0.05) is 5.02 Å². The molecule has 0 bridgehead atoms. The Balaban J connectivity index is 1.82. The summed E-state index contributed by atoms with van der Waals surface area (Å²) in [6.45, 7) is 4.14. The number of benzene rings is 2. The fourth-order valence-corrected chi connectivity index (χ4v) is 2.35. The molecule has 2 atom stereocenters. The molecule has 2 rings (SSSR count). The number of hydrogen-bond acceptors (Lipinski definition) is 3. The quantitative estimate of drug-likeness (QED) is 0.768. The molecule has 0 radical (unpaired) electrons. The fraction of sp³-hybridized carbons (Fsp3) is 0.316. The molecule has 1 amide bonds. The van der Waals surface area contributed by atoms with Crippen molar-refractivity contribution in [2.45, 2.75) is 32.4 Å². The first-order valence-electron chi connectivity index (χ1n) is 7.99. The summed E-state index contributed by atoms with van der Waals surface area (Å²) in [5.41, 5.74) is 1.03. The van der Waals surface area contributed by atoms with Gasteiger partial charge in [-0.1, -0.05) is 54.9 Å². The smallest absolute Gasteiger partial charge is 0.408 e. The summed E-state index contributed by atoms with van der Waals surface area (Å²) in [6.07, 6.45) is -0.117. The first kappa shape index (κ1) is 18.1. The maximum Gasteiger partial charge on any atom is 0.408 e. The van der Waals surface area contributed by atoms with Crippen LogP contribution < -0.4 is 10.1 Å². The minimum atomic E-state index is -0.451. The average Bonchev–Trinajstić information content (AvgIpc) is 2.59. The van der Waals surface area contributed by atoms with Crippen molar-refractivity contribution in [1.29, 1.82) is 0 Å². The van der Waals surface area contributed by atoms with Crippen molar-refractivity contribution in [3.8, 4) is 5.75 Å². The van der Waals surface area contributed by atoms with Gasteiger partial charge in [0.1, 0.15) is 18.5 Å². The van der Waals surface area contributed by atoms with Gasteiger partial charge in [-0.2, -0.15) is 0 Å². The number of hydrogen-bond donors (Lipinski definition) is 1. The number of ether oxygens (including phenoxy) is 2. The number of halogens is 1. The molecule has 0 spiro atoms. The van der Waals surface area contributed by atoms with Crippen molar-refractivity contribution >= 4 is 17.7 Å². The van der Waals surface area contributed by atoms with Gasteiger partial charge < -0.3 is 14.8 Å². The van der Waals surface area contributed by atoms with E-state index in [4.69, 9.17) is 21.1 Å². The zero-order valence-electron chi connectivity index (χ0n) is 13.9. The summed E-state index contributed by atoms with van der Waals surface area (Å²) in [5, 5.41) is 3.44. The van der Waals surface area contributed by atoms with Gasteiger partial charge in [-0.05, 0) is 37.1 Å². The van der Waals surface area contributed by atoms with Crippen LogP contribution in [0.25, 0.3) is 0 Å². The van der Waals surface area contributed by atoms with E-state index in [0.29, 0.717) is 17.2 Å². The molecule has 0 heterocycles. The van der Waals surface area contributed by atoms with E-state index in [0.717, 1.165) is 5.56 Å². The van der Waals surface area contributed by atoms with E-state index in [-0.39, 0.29) is 18.8 Å². The number of amides is 1. The largest absolute Gasteiger partial charge is 0.490 e. The van der Waals surface area contributed by atoms with E-state index in [1.807, 2.05) is 56.3 Å². The molecule has 0 aliphatic rings. The fourth-order valence-electron chi connectivity index (χ4n) is 2.17. The highest BCUT2D eigenvalue weighted by Crippen LogP contribution is 2.18. The summed E-state index contributed by atoms with van der Waals surface area (Å²) in [6, 6.07) is 16.8. The maximum atomic E-state index is 12.1. The second kappa shape index (κ2) is 9.18. The highest BCUT2D eigenvalue weighted by atomic mass is 35.5. The Morgan fingerprint density at radius 2 is 1.92 bits per heavy atom. The zero-order chi connectivity index (χ0) is 17.4. The van der Waals surface area contributed by atoms with E-state index < -0.39 is 6.09 Å². The van der Waals surface area contributed by atoms with Crippen LogP contribution in [-0.2, 0) is 4.74 Å². The van der Waals surface area contributed by atoms with Crippen molar-refractivity contribution < 1.29 is 14.3 Å². The topological polar surface area (TPSA) is 47.6 Å². The molecule has 0 saturated carbocycles. The highest BCUT2D eigenvalue weighted by molar-refractivity contribution is 6.30. The standard InChI is InChI=1S/C19H22ClNO3/c1-3-17(13-23-18-11-7-10-16(20)12-18)24-19(22)21-14(2)15-8-5-4-6-9-15/h4-12,14,17H,3,13H2,1-2H3,(H,21,22)/t14-,17?/m1/s1. The lowest BCUT2D eigenvalue weighted by Crippen LogP contribution is -2.33. The molecule has 128 valence electrons. The SMILES string of the molecule is CCC(COc1cccc(Cl)c1)OC(=O)N[C@H](C)c1ccccc1. The van der Waals surface area contributed by atoms with Crippen LogP contribution in [-0.4, -0.2) is 18.8 Å². The zero-order valence-corrected chi connectivity index (χ0v) is 14.6. The Morgan fingerprint density at radius 3 is 2.58 bits per heavy atom. The summed E-state index contributed by atoms with van der Waals surface area (Å²) >= 11 is 5.92. The predicted molar refractivity (Wildman–Crippen MR) is 95.5 cm³/mol. The van der Waals surface area contributed by atoms with Crippen LogP contribution in [0.3, 0.4) is 0 Å². The lowest BCUT2D eigenvalue weighted by Gasteiger charge is -2.20. The van der Waals surface area contributed by atoms with Crippen LogP contribution in [0.5, 0.6) is 5.75 Å². The van der Waals surface area contributed by atoms with Crippen molar-refractivity contribution in [3.05, 3.63) is 65.2 Å². The molecule has 0 aromatic heterocycles. The number of alkyl carbamates (subject to hydrolysis) is 1. The Morgan fingerprint density at radius 1 is 1.17 bits per heavy atom. The van der Waals surface area contributed by atoms with Gasteiger partial charge in [0.05, 0.1) is 6.04 Å². The molecular formula is C19H22ClNO3. The van der Waals surface area contributed by atoms with Crippen LogP contribution >= 0.6 is 11.6 Å². The van der Waals surface area contributed by atoms with Crippen LogP contribution in [0.1, 0.15) is 31.9 Å². The molecule has 0 fully saturated rings. The third-order valence-corrected chi connectivity index (χ3v) is 3.83. The van der Waals surface area contributed by atoms with E-state index in [1.54, 1.807) is 12.1 Å². The van der Waals surface area contributed by atoms with E-state index in [2.05, 4.69) is 5.32 Å². The normalized spacial score (nSPS) is 13.0. The molecule has 5 heteroatoms. The molecule has 1 unspecified atom stereocenters. The van der Waals surface area contributed by atoms with Crippen LogP contribution in [0.4, 0.5) is 4.79 Å². The Labute approximate surface area is 147 Å². The summed E-state index contributed by atoms with van der Waals surface area (Å²) in [5.74, 6) is 0.655. The average molecular weight is 348 g/mol. The lowest BCUT2D eigenvalue weighted by atomic mass is 10.1. The molecule has 4 nitrogen and oxygen atoms in total. The molecule has 0 aliphatic carbocycles. The Bertz CT molecular complexity index is 648. The first-order chi connectivity index (χ1) is 11.6. The Kier molecular flexibility index (Phi) is 6.94. The Hall–Kier alpha value is -2.20. The summed E-state index contributed by atoms with van der Waals surface area (Å²) in [7, 11) is 0. The summed E-state index contributed by atoms with van der Waals surface area (Å²) in [4.78, 5) is 12.1. The van der Waals surface area contributed by atoms with Gasteiger partial charge in [-0.3, -0.25) is 0 Å². The lowest BCUT2D eigenvalue weighted by molar-refractivity contribution is 0.0612. The molecule has 24 heavy (non-hydrogen) atoms. The van der Waals surface area contributed by atoms with Gasteiger partial charge in [0.15, 0.2) is 0 Å². The highest BCUT2D eigenvalue weighted by Gasteiger charge is 2.16. The number of nitrogens with one attached hydrogen (secondary N) is 1. The molecule has 2 aromatic rings. The minimum Gasteiger partial charge on any atom is -0.490 e. The molecule has 0 saturated heterocycles. The van der Waals surface area contributed by atoms with Gasteiger partial charge in [-0.15, -0.1) is 0 Å². The van der Waals surface area contributed by atoms with E-state index >= 15 is 0 Å². The maximum absolute atomic E-state index is 12.1. The van der Waals surface area contributed by atoms with Crippen molar-refractivity contribution in [2.75, 3.05) is 6.61 Å². The molecular weight excluding hydrogens is 326 g/mol. The second-order valence-corrected chi connectivity index (χ2v) is 5.92. The van der Waals surface area contributed by atoms with E-state index in [9.17, 15) is 4.79 Å². The van der Waals surface area contributed by atoms with Gasteiger partial charge in [0.2, 0.25) is 0 Å². The predicted octanol–water partition coefficient (Wildman–Crippen LogP) is 4.98. The van der Waals surface area contributed by atoms with Gasteiger partial charge in [-0.25, -0.2) is 4.79 Å². The number of carbonyl (C=O) groups excluding carboxylic acids is 1. The van der Waals surface area contributed by atoms with Gasteiger partial charge >= 0.3 is 6.09 Å². The second-order valence-electron chi connectivity index (χ2n) is 5.48. The molecule has 0 aliphatic heterocycles. The van der Waals surface area contributed by atoms with Crippen LogP contribution in [0.2, 0.25) is 5.02 Å². The van der Waals surface area contributed by atoms with Gasteiger partial charge in [0.25, 0.3) is 0 Å². The van der Waals surface area contributed by atoms with Crippen LogP contribution in [0, 0.1) is 0 Å². The first-order valence-corrected chi connectivity index (χ1v) is 8.36. The van der Waals surface area contributed by atoms with Crippen LogP contribution in [0.15, 0.2) is 54.6 Å².